The van der Waals surface area contributed by atoms with Gasteiger partial charge in [0.25, 0.3) is 0 Å². The second-order valence-corrected chi connectivity index (χ2v) is 14.8. The molecule has 1 heterocycles. The van der Waals surface area contributed by atoms with Crippen molar-refractivity contribution >= 4 is 27.6 Å². The molecule has 10 heteroatoms. The fourth-order valence-electron chi connectivity index (χ4n) is 6.73. The highest BCUT2D eigenvalue weighted by Gasteiger charge is 2.46. The molecule has 236 valence electrons. The number of carbonyl (C=O) groups excluding carboxylic acids is 3. The topological polar surface area (TPSA) is 125 Å². The van der Waals surface area contributed by atoms with E-state index in [9.17, 15) is 22.8 Å². The summed E-state index contributed by atoms with van der Waals surface area (Å²) in [7, 11) is -1.53. The summed E-state index contributed by atoms with van der Waals surface area (Å²) >= 11 is 0. The van der Waals surface area contributed by atoms with Crippen molar-refractivity contribution in [3.63, 3.8) is 0 Å². The van der Waals surface area contributed by atoms with E-state index in [2.05, 4.69) is 22.9 Å². The highest BCUT2D eigenvalue weighted by atomic mass is 32.2. The highest BCUT2D eigenvalue weighted by Crippen LogP contribution is 2.36. The number of hydrogen-bond acceptors (Lipinski definition) is 6. The Labute approximate surface area is 252 Å². The molecule has 0 spiro atoms. The molecular formula is C32H52N4O5S. The summed E-state index contributed by atoms with van der Waals surface area (Å²) in [4.78, 5) is 43.2. The molecule has 9 nitrogen and oxygen atoms in total. The van der Waals surface area contributed by atoms with Crippen molar-refractivity contribution < 1.29 is 22.8 Å². The maximum atomic E-state index is 14.4. The van der Waals surface area contributed by atoms with Crippen molar-refractivity contribution in [1.82, 2.24) is 20.9 Å². The molecule has 1 saturated carbocycles. The first kappa shape index (κ1) is 34.0. The predicted molar refractivity (Wildman–Crippen MR) is 166 cm³/mol. The lowest BCUT2D eigenvalue weighted by molar-refractivity contribution is -0.142. The number of carbonyl (C=O) groups is 3. The molecule has 0 radical (unpaired) electrons. The molecule has 42 heavy (non-hydrogen) atoms. The van der Waals surface area contributed by atoms with Crippen molar-refractivity contribution in [2.45, 2.75) is 96.8 Å². The molecule has 1 aromatic rings. The van der Waals surface area contributed by atoms with Crippen molar-refractivity contribution in [2.75, 3.05) is 25.6 Å². The number of nitrogens with zero attached hydrogens (tertiary/aromatic N) is 1. The fraction of sp³-hybridized carbons (Fsp3) is 0.719. The van der Waals surface area contributed by atoms with Gasteiger partial charge >= 0.3 is 0 Å². The maximum absolute atomic E-state index is 14.4. The number of nitrogens with one attached hydrogen (secondary N) is 3. The SMILES string of the molecule is CCC(CC(C(=O)NCc1ccccc1)C1C(C)CCN1C(=O)C(NC(=O)C(C)NC)C1CCCCC1)CS(C)(=O)=O. The van der Waals surface area contributed by atoms with Crippen molar-refractivity contribution in [3.8, 4) is 0 Å². The highest BCUT2D eigenvalue weighted by molar-refractivity contribution is 7.90. The number of amides is 3. The van der Waals surface area contributed by atoms with E-state index < -0.39 is 27.8 Å². The van der Waals surface area contributed by atoms with Gasteiger partial charge in [-0.1, -0.05) is 69.9 Å². The van der Waals surface area contributed by atoms with Gasteiger partial charge in [0.05, 0.1) is 17.7 Å². The van der Waals surface area contributed by atoms with Crippen LogP contribution in [0.2, 0.25) is 0 Å². The molecule has 2 aliphatic rings. The van der Waals surface area contributed by atoms with Gasteiger partial charge in [0, 0.05) is 25.4 Å². The maximum Gasteiger partial charge on any atom is 0.245 e. The zero-order chi connectivity index (χ0) is 30.9. The molecule has 0 aromatic heterocycles. The first-order valence-corrected chi connectivity index (χ1v) is 17.8. The summed E-state index contributed by atoms with van der Waals surface area (Å²) in [5, 5.41) is 9.13. The van der Waals surface area contributed by atoms with Crippen LogP contribution in [0.5, 0.6) is 0 Å². The molecule has 3 amide bonds. The van der Waals surface area contributed by atoms with Gasteiger partial charge < -0.3 is 20.9 Å². The van der Waals surface area contributed by atoms with Crippen LogP contribution >= 0.6 is 0 Å². The molecule has 1 aliphatic carbocycles. The third-order valence-electron chi connectivity index (χ3n) is 9.32. The Hall–Kier alpha value is -2.46. The number of rotatable bonds is 14. The molecule has 1 aliphatic heterocycles. The van der Waals surface area contributed by atoms with E-state index in [1.807, 2.05) is 42.2 Å². The van der Waals surface area contributed by atoms with E-state index in [1.165, 1.54) is 6.26 Å². The van der Waals surface area contributed by atoms with Gasteiger partial charge in [0.1, 0.15) is 15.9 Å². The Morgan fingerprint density at radius 2 is 1.69 bits per heavy atom. The molecule has 6 unspecified atom stereocenters. The first-order chi connectivity index (χ1) is 19.9. The minimum atomic E-state index is -3.25. The van der Waals surface area contributed by atoms with Crippen LogP contribution in [0.25, 0.3) is 0 Å². The van der Waals surface area contributed by atoms with Crippen molar-refractivity contribution in [1.29, 1.82) is 0 Å². The summed E-state index contributed by atoms with van der Waals surface area (Å²) in [5.41, 5.74) is 0.971. The summed E-state index contributed by atoms with van der Waals surface area (Å²) < 4.78 is 24.5. The molecular weight excluding hydrogens is 552 g/mol. The number of sulfone groups is 1. The van der Waals surface area contributed by atoms with Gasteiger partial charge in [-0.25, -0.2) is 8.42 Å². The summed E-state index contributed by atoms with van der Waals surface area (Å²) in [6.07, 6.45) is 7.92. The molecule has 2 fully saturated rings. The van der Waals surface area contributed by atoms with E-state index >= 15 is 0 Å². The molecule has 6 atom stereocenters. The van der Waals surface area contributed by atoms with Gasteiger partial charge in [-0.3, -0.25) is 14.4 Å². The van der Waals surface area contributed by atoms with Crippen LogP contribution in [0.3, 0.4) is 0 Å². The zero-order valence-electron chi connectivity index (χ0n) is 26.1. The Morgan fingerprint density at radius 3 is 2.29 bits per heavy atom. The summed E-state index contributed by atoms with van der Waals surface area (Å²) in [6.45, 7) is 6.67. The number of likely N-dealkylation sites (tertiary alicyclic amines) is 1. The number of likely N-dealkylation sites (N-methyl/N-ethyl adjacent to an activating group) is 1. The lowest BCUT2D eigenvalue weighted by Crippen LogP contribution is -2.58. The van der Waals surface area contributed by atoms with Crippen LogP contribution in [0.4, 0.5) is 0 Å². The summed E-state index contributed by atoms with van der Waals surface area (Å²) in [5.74, 6) is -1.16. The van der Waals surface area contributed by atoms with Crippen LogP contribution in [-0.2, 0) is 30.8 Å². The van der Waals surface area contributed by atoms with Crippen LogP contribution in [0, 0.1) is 23.7 Å². The zero-order valence-corrected chi connectivity index (χ0v) is 26.9. The van der Waals surface area contributed by atoms with E-state index in [4.69, 9.17) is 0 Å². The molecule has 1 aromatic carbocycles. The van der Waals surface area contributed by atoms with E-state index in [1.54, 1.807) is 14.0 Å². The Bertz CT molecular complexity index is 1140. The largest absolute Gasteiger partial charge is 0.352 e. The fourth-order valence-corrected chi connectivity index (χ4v) is 7.96. The van der Waals surface area contributed by atoms with E-state index in [-0.39, 0.29) is 47.3 Å². The van der Waals surface area contributed by atoms with Crippen LogP contribution in [-0.4, -0.2) is 74.8 Å². The second-order valence-electron chi connectivity index (χ2n) is 12.6. The first-order valence-electron chi connectivity index (χ1n) is 15.7. The van der Waals surface area contributed by atoms with Crippen LogP contribution < -0.4 is 16.0 Å². The average Bonchev–Trinajstić information content (AvgIpc) is 3.36. The molecule has 3 N–H and O–H groups in total. The smallest absolute Gasteiger partial charge is 0.245 e. The number of benzene rings is 1. The minimum Gasteiger partial charge on any atom is -0.352 e. The lowest BCUT2D eigenvalue weighted by Gasteiger charge is -2.39. The predicted octanol–water partition coefficient (Wildman–Crippen LogP) is 3.29. The van der Waals surface area contributed by atoms with Crippen LogP contribution in [0.1, 0.15) is 77.7 Å². The second kappa shape index (κ2) is 15.8. The minimum absolute atomic E-state index is 0.00365. The molecule has 1 saturated heterocycles. The Morgan fingerprint density at radius 1 is 1.02 bits per heavy atom. The van der Waals surface area contributed by atoms with Crippen LogP contribution in [0.15, 0.2) is 30.3 Å². The van der Waals surface area contributed by atoms with Gasteiger partial charge in [-0.15, -0.1) is 0 Å². The summed E-state index contributed by atoms with van der Waals surface area (Å²) in [6, 6.07) is 8.21. The van der Waals surface area contributed by atoms with E-state index in [0.717, 1.165) is 44.1 Å². The lowest BCUT2D eigenvalue weighted by atomic mass is 9.80. The Kier molecular flexibility index (Phi) is 12.8. The third kappa shape index (κ3) is 9.53. The standard InChI is InChI=1S/C32H52N4O5S/c1-6-24(21-42(5,40)41)19-27(31(38)34-20-25-13-9-7-10-14-25)29-22(2)17-18-36(29)32(39)28(26-15-11-8-12-16-26)35-30(37)23(3)33-4/h7,9-10,13-14,22-24,26-29,33H,6,8,11-12,15-21H2,1-5H3,(H,34,38)(H,35,37). The third-order valence-corrected chi connectivity index (χ3v) is 10.4. The molecule has 3 rings (SSSR count). The molecule has 0 bridgehead atoms. The van der Waals surface area contributed by atoms with Crippen molar-refractivity contribution in [2.24, 2.45) is 23.7 Å². The Balaban J connectivity index is 1.92. The normalized spacial score (nSPS) is 22.6. The number of hydrogen-bond donors (Lipinski definition) is 3. The van der Waals surface area contributed by atoms with E-state index in [0.29, 0.717) is 25.9 Å². The quantitative estimate of drug-likeness (QED) is 0.299. The monoisotopic (exact) mass is 604 g/mol. The van der Waals surface area contributed by atoms with Gasteiger partial charge in [-0.2, -0.15) is 0 Å². The van der Waals surface area contributed by atoms with Crippen molar-refractivity contribution in [3.05, 3.63) is 35.9 Å². The van der Waals surface area contributed by atoms with Gasteiger partial charge in [0.2, 0.25) is 17.7 Å². The van der Waals surface area contributed by atoms with Gasteiger partial charge in [0.15, 0.2) is 0 Å². The van der Waals surface area contributed by atoms with Gasteiger partial charge in [-0.05, 0) is 63.0 Å². The average molecular weight is 605 g/mol.